The molecule has 74 heavy (non-hydrogen) atoms. The van der Waals surface area contributed by atoms with E-state index in [0.29, 0.717) is 43.8 Å². The zero-order valence-electron chi connectivity index (χ0n) is 43.5. The van der Waals surface area contributed by atoms with E-state index in [1.54, 1.807) is 0 Å². The van der Waals surface area contributed by atoms with Gasteiger partial charge in [-0.3, -0.25) is 18.7 Å². The van der Waals surface area contributed by atoms with Crippen molar-refractivity contribution in [3.8, 4) is 0 Å². The first-order valence-electron chi connectivity index (χ1n) is 26.0. The number of hydrogen-bond acceptors (Lipinski definition) is 14. The molecule has 2 amide bonds. The second kappa shape index (κ2) is 26.4. The van der Waals surface area contributed by atoms with Crippen molar-refractivity contribution >= 4 is 67.1 Å². The summed E-state index contributed by atoms with van der Waals surface area (Å²) in [7, 11) is -8.18. The average Bonchev–Trinajstić information content (AvgIpc) is 3.84. The zero-order valence-corrected chi connectivity index (χ0v) is 46.0. The lowest BCUT2D eigenvalue weighted by atomic mass is 9.81. The number of fused-ring (bicyclic) bond motifs is 2. The van der Waals surface area contributed by atoms with E-state index >= 15 is 0 Å². The van der Waals surface area contributed by atoms with E-state index < -0.39 is 43.4 Å². The molecule has 0 aromatic heterocycles. The summed E-state index contributed by atoms with van der Waals surface area (Å²) >= 11 is 0.884. The molecule has 4 N–H and O–H groups in total. The molecular weight excluding hydrogens is 1010 g/mol. The van der Waals surface area contributed by atoms with Crippen molar-refractivity contribution in [1.29, 1.82) is 0 Å². The SMILES string of the molecule is Cc1ccc2c(c1)C(C)(C)/C(=C\C=C1/CCCC(/C=C/C3=[N+](CCCCS(=O)(=O)O)c4ccc(SOOO)cc4C3(C)C)=C1NCCCCCCCCCCC(=O)ON1C(=O)CCC1=O)N2CCCCS(=O)(=O)O. The maximum absolute atomic E-state index is 12.2. The normalized spacial score (nSPS) is 18.7. The highest BCUT2D eigenvalue weighted by molar-refractivity contribution is 7.94. The van der Waals surface area contributed by atoms with Gasteiger partial charge in [0.2, 0.25) is 5.69 Å². The number of nitrogens with zero attached hydrogens (tertiary/aromatic N) is 3. The highest BCUT2D eigenvalue weighted by Crippen LogP contribution is 2.49. The molecule has 1 fully saturated rings. The van der Waals surface area contributed by atoms with Crippen molar-refractivity contribution in [3.63, 3.8) is 0 Å². The maximum Gasteiger partial charge on any atom is 0.333 e. The number of carbonyl (C=O) groups is 3. The average molecular weight is 1080 g/mol. The van der Waals surface area contributed by atoms with Crippen LogP contribution >= 0.6 is 12.0 Å². The molecule has 4 aliphatic rings. The summed E-state index contributed by atoms with van der Waals surface area (Å²) in [5.74, 6) is -2.12. The number of unbranched alkanes of at least 4 members (excludes halogenated alkanes) is 9. The smallest absolute Gasteiger partial charge is 0.333 e. The summed E-state index contributed by atoms with van der Waals surface area (Å²) in [5.41, 5.74) is 10.1. The van der Waals surface area contributed by atoms with Crippen molar-refractivity contribution in [1.82, 2.24) is 10.4 Å². The first-order valence-corrected chi connectivity index (χ1v) is 29.9. The van der Waals surface area contributed by atoms with Crippen LogP contribution in [0.5, 0.6) is 0 Å². The second-order valence-corrected chi connectivity index (χ2v) is 24.6. The number of benzene rings is 2. The number of allylic oxidation sites excluding steroid dienone is 7. The number of imide groups is 1. The van der Waals surface area contributed by atoms with E-state index in [4.69, 9.17) is 14.4 Å². The molecule has 20 heteroatoms. The van der Waals surface area contributed by atoms with Crippen LogP contribution in [0.15, 0.2) is 88.1 Å². The molecule has 1 aliphatic carbocycles. The lowest BCUT2D eigenvalue weighted by Gasteiger charge is -2.28. The van der Waals surface area contributed by atoms with E-state index in [-0.39, 0.29) is 42.6 Å². The van der Waals surface area contributed by atoms with E-state index in [1.165, 1.54) is 11.1 Å². The Bertz CT molecular complexity index is 2750. The van der Waals surface area contributed by atoms with Crippen LogP contribution in [0.1, 0.15) is 160 Å². The molecule has 406 valence electrons. The Labute approximate surface area is 441 Å². The molecule has 1 saturated heterocycles. The monoisotopic (exact) mass is 1080 g/mol. The van der Waals surface area contributed by atoms with Gasteiger partial charge in [0.15, 0.2) is 5.71 Å². The Kier molecular flexibility index (Phi) is 20.9. The minimum absolute atomic E-state index is 0.0719. The van der Waals surface area contributed by atoms with Crippen LogP contribution < -0.4 is 10.2 Å². The van der Waals surface area contributed by atoms with Gasteiger partial charge in [0.05, 0.1) is 29.0 Å². The first kappa shape index (κ1) is 58.6. The van der Waals surface area contributed by atoms with Gasteiger partial charge < -0.3 is 15.1 Å². The number of hydrogen-bond donors (Lipinski definition) is 4. The van der Waals surface area contributed by atoms with Gasteiger partial charge in [-0.1, -0.05) is 87.3 Å². The number of nitrogens with one attached hydrogen (secondary N) is 1. The molecule has 2 aromatic carbocycles. The number of hydroxylamine groups is 2. The Balaban J connectivity index is 1.22. The molecule has 0 spiro atoms. The van der Waals surface area contributed by atoms with Gasteiger partial charge in [0, 0.05) is 83.9 Å². The first-order chi connectivity index (χ1) is 35.1. The topological polar surface area (TPSA) is 229 Å². The highest BCUT2D eigenvalue weighted by Gasteiger charge is 2.45. The standard InChI is InChI=1S/C54H74N4O13S3/c1-39-22-26-45-43(37-39)53(2,3)47(56(45)33-14-16-35-73(63,64)65)28-23-40-19-18-20-41(52(40)55-32-13-11-9-7-6-8-10-12-21-51(61)69-58-49(59)30-31-50(58)60)24-29-48-54(4,5)44-38-42(72-71-70-62)25-27-46(44)57(48)34-15-17-36-74(66,67)68/h22-29,37-38H,6-21,30-36H2,1-5H3,(H3,62,63,64,65,66,67,68)/p+1/b40-23+,47-28+. The molecule has 0 saturated carbocycles. The molecule has 0 unspecified atom stereocenters. The summed E-state index contributed by atoms with van der Waals surface area (Å²) in [5, 5.41) is 17.2. The molecule has 6 rings (SSSR count). The molecule has 0 radical (unpaired) electrons. The van der Waals surface area contributed by atoms with Gasteiger partial charge in [0.1, 0.15) is 6.54 Å². The number of aryl methyl sites for hydroxylation is 1. The lowest BCUT2D eigenvalue weighted by Crippen LogP contribution is -2.31. The van der Waals surface area contributed by atoms with Crippen molar-refractivity contribution in [2.45, 2.75) is 166 Å². The Hall–Kier alpha value is -4.67. The summed E-state index contributed by atoms with van der Waals surface area (Å²) in [6, 6.07) is 12.3. The Morgan fingerprint density at radius 3 is 2.11 bits per heavy atom. The molecule has 3 heterocycles. The van der Waals surface area contributed by atoms with Crippen molar-refractivity contribution in [2.24, 2.45) is 0 Å². The minimum atomic E-state index is -4.11. The van der Waals surface area contributed by atoms with Crippen molar-refractivity contribution in [2.75, 3.05) is 36.0 Å². The number of anilines is 1. The second-order valence-electron chi connectivity index (χ2n) is 20.7. The van der Waals surface area contributed by atoms with Gasteiger partial charge in [-0.15, -0.1) is 9.40 Å². The largest absolute Gasteiger partial charge is 0.385 e. The fourth-order valence-electron chi connectivity index (χ4n) is 10.5. The van der Waals surface area contributed by atoms with Gasteiger partial charge in [-0.2, -0.15) is 21.4 Å². The summed E-state index contributed by atoms with van der Waals surface area (Å²) in [6.07, 6.45) is 21.1. The Morgan fingerprint density at radius 1 is 0.770 bits per heavy atom. The van der Waals surface area contributed by atoms with E-state index in [1.807, 2.05) is 18.2 Å². The molecule has 2 aromatic rings. The quantitative estimate of drug-likeness (QED) is 0.0113. The maximum atomic E-state index is 12.2. The molecule has 0 bridgehead atoms. The molecule has 17 nitrogen and oxygen atoms in total. The van der Waals surface area contributed by atoms with Crippen LogP contribution in [0.4, 0.5) is 11.4 Å². The number of amides is 2. The van der Waals surface area contributed by atoms with Crippen LogP contribution in [0, 0.1) is 6.92 Å². The van der Waals surface area contributed by atoms with Crippen LogP contribution in [0.3, 0.4) is 0 Å². The third-order valence-corrected chi connectivity index (χ3v) is 16.6. The van der Waals surface area contributed by atoms with Crippen LogP contribution in [-0.4, -0.2) is 95.5 Å². The highest BCUT2D eigenvalue weighted by atomic mass is 32.2. The van der Waals surface area contributed by atoms with Gasteiger partial charge in [0.25, 0.3) is 32.1 Å². The van der Waals surface area contributed by atoms with E-state index in [2.05, 4.69) is 97.0 Å². The van der Waals surface area contributed by atoms with Gasteiger partial charge in [-0.25, -0.2) is 10.1 Å². The van der Waals surface area contributed by atoms with E-state index in [9.17, 15) is 40.3 Å². The number of rotatable bonds is 29. The van der Waals surface area contributed by atoms with Crippen LogP contribution in [0.2, 0.25) is 0 Å². The predicted octanol–water partition coefficient (Wildman–Crippen LogP) is 10.4. The third kappa shape index (κ3) is 15.9. The fourth-order valence-corrected chi connectivity index (χ4v) is 12.0. The molecular formula is C54H75N4O13S3+. The number of carbonyl (C=O) groups excluding carboxylic acids is 3. The lowest BCUT2D eigenvalue weighted by molar-refractivity contribution is -0.438. The van der Waals surface area contributed by atoms with Crippen molar-refractivity contribution in [3.05, 3.63) is 99.9 Å². The summed E-state index contributed by atoms with van der Waals surface area (Å²) < 4.78 is 72.4. The molecule has 0 atom stereocenters. The third-order valence-electron chi connectivity index (χ3n) is 14.4. The minimum Gasteiger partial charge on any atom is -0.385 e. The fraction of sp³-hybridized carbons (Fsp3) is 0.556. The Morgan fingerprint density at radius 2 is 1.43 bits per heavy atom. The van der Waals surface area contributed by atoms with Crippen LogP contribution in [0.25, 0.3) is 0 Å². The zero-order chi connectivity index (χ0) is 53.7. The van der Waals surface area contributed by atoms with Gasteiger partial charge in [-0.05, 0) is 113 Å². The predicted molar refractivity (Wildman–Crippen MR) is 286 cm³/mol. The van der Waals surface area contributed by atoms with Crippen molar-refractivity contribution < 1.29 is 64.4 Å². The summed E-state index contributed by atoms with van der Waals surface area (Å²) in [4.78, 5) is 43.7. The summed E-state index contributed by atoms with van der Waals surface area (Å²) in [6.45, 7) is 12.7. The van der Waals surface area contributed by atoms with Crippen LogP contribution in [-0.2, 0) is 59.7 Å². The van der Waals surface area contributed by atoms with Gasteiger partial charge >= 0.3 is 5.97 Å². The molecule has 3 aliphatic heterocycles. The van der Waals surface area contributed by atoms with E-state index in [0.717, 1.165) is 133 Å².